The van der Waals surface area contributed by atoms with Crippen molar-refractivity contribution in [2.24, 2.45) is 0 Å². The normalized spacial score (nSPS) is 19.4. The molecule has 31 heavy (non-hydrogen) atoms. The van der Waals surface area contributed by atoms with Crippen LogP contribution in [0.1, 0.15) is 24.2 Å². The molecule has 158 valence electrons. The molecule has 0 aliphatic carbocycles. The standard InChI is InChI=1S/C24H25N5O2/c1-15-12-29-14-21(26-23(29)16(2)25-15)20-10-17-5-6-18(11-22(17)31-24(20)30)28-9-8-27-7-3-4-19(27)13-28/h5-6,10-12,14,19H,3-4,7-9,13H2,1-2H3. The van der Waals surface area contributed by atoms with Crippen LogP contribution < -0.4 is 10.5 Å². The highest BCUT2D eigenvalue weighted by Gasteiger charge is 2.30. The maximum Gasteiger partial charge on any atom is 0.345 e. The Kier molecular flexibility index (Phi) is 4.14. The Morgan fingerprint density at radius 1 is 1.06 bits per heavy atom. The van der Waals surface area contributed by atoms with Crippen molar-refractivity contribution in [2.75, 3.05) is 31.1 Å². The van der Waals surface area contributed by atoms with Crippen molar-refractivity contribution < 1.29 is 4.42 Å². The Morgan fingerprint density at radius 3 is 2.87 bits per heavy atom. The first-order valence-corrected chi connectivity index (χ1v) is 11.0. The number of hydrogen-bond acceptors (Lipinski definition) is 6. The average molecular weight is 415 g/mol. The second-order valence-corrected chi connectivity index (χ2v) is 8.77. The largest absolute Gasteiger partial charge is 0.422 e. The number of piperazine rings is 1. The molecule has 0 radical (unpaired) electrons. The van der Waals surface area contributed by atoms with Crippen LogP contribution >= 0.6 is 0 Å². The predicted molar refractivity (Wildman–Crippen MR) is 121 cm³/mol. The van der Waals surface area contributed by atoms with Crippen LogP contribution in [0.2, 0.25) is 0 Å². The molecule has 7 nitrogen and oxygen atoms in total. The molecule has 6 rings (SSSR count). The monoisotopic (exact) mass is 415 g/mol. The van der Waals surface area contributed by atoms with Crippen LogP contribution in [0, 0.1) is 13.8 Å². The smallest absolute Gasteiger partial charge is 0.345 e. The molecule has 0 amide bonds. The van der Waals surface area contributed by atoms with Crippen LogP contribution in [0.5, 0.6) is 0 Å². The fourth-order valence-corrected chi connectivity index (χ4v) is 5.13. The highest BCUT2D eigenvalue weighted by molar-refractivity contribution is 5.84. The summed E-state index contributed by atoms with van der Waals surface area (Å²) in [4.78, 5) is 27.0. The minimum absolute atomic E-state index is 0.365. The highest BCUT2D eigenvalue weighted by Crippen LogP contribution is 2.29. The molecular weight excluding hydrogens is 390 g/mol. The Labute approximate surface area is 179 Å². The van der Waals surface area contributed by atoms with Gasteiger partial charge >= 0.3 is 5.63 Å². The highest BCUT2D eigenvalue weighted by atomic mass is 16.4. The quantitative estimate of drug-likeness (QED) is 0.468. The van der Waals surface area contributed by atoms with E-state index in [0.29, 0.717) is 22.9 Å². The fraction of sp³-hybridized carbons (Fsp3) is 0.375. The number of imidazole rings is 1. The molecule has 5 heterocycles. The maximum atomic E-state index is 12.8. The first-order chi connectivity index (χ1) is 15.0. The van der Waals surface area contributed by atoms with Gasteiger partial charge in [0, 0.05) is 55.2 Å². The zero-order chi connectivity index (χ0) is 21.1. The van der Waals surface area contributed by atoms with E-state index in [1.165, 1.54) is 19.4 Å². The molecule has 2 fully saturated rings. The van der Waals surface area contributed by atoms with Crippen molar-refractivity contribution in [3.05, 3.63) is 58.5 Å². The molecule has 3 aromatic heterocycles. The van der Waals surface area contributed by atoms with Crippen LogP contribution in [0.25, 0.3) is 27.9 Å². The van der Waals surface area contributed by atoms with E-state index in [2.05, 4.69) is 25.8 Å². The summed E-state index contributed by atoms with van der Waals surface area (Å²) in [5, 5.41) is 0.904. The van der Waals surface area contributed by atoms with Crippen molar-refractivity contribution in [1.82, 2.24) is 19.3 Å². The van der Waals surface area contributed by atoms with Gasteiger partial charge in [-0.15, -0.1) is 0 Å². The van der Waals surface area contributed by atoms with E-state index in [1.807, 2.05) is 48.8 Å². The summed E-state index contributed by atoms with van der Waals surface area (Å²) in [6.45, 7) is 8.26. The third kappa shape index (κ3) is 3.11. The van der Waals surface area contributed by atoms with Crippen LogP contribution in [0.15, 0.2) is 45.9 Å². The Hall–Kier alpha value is -3.19. The van der Waals surface area contributed by atoms with Gasteiger partial charge in [-0.1, -0.05) is 0 Å². The third-order valence-electron chi connectivity index (χ3n) is 6.67. The molecule has 7 heteroatoms. The minimum atomic E-state index is -0.365. The summed E-state index contributed by atoms with van der Waals surface area (Å²) in [6, 6.07) is 8.72. The summed E-state index contributed by atoms with van der Waals surface area (Å²) >= 11 is 0. The van der Waals surface area contributed by atoms with E-state index >= 15 is 0 Å². The molecular formula is C24H25N5O2. The van der Waals surface area contributed by atoms with Crippen molar-refractivity contribution in [3.8, 4) is 11.3 Å². The Balaban J connectivity index is 1.37. The number of anilines is 1. The molecule has 2 aliphatic heterocycles. The molecule has 2 saturated heterocycles. The van der Waals surface area contributed by atoms with Crippen LogP contribution in [0.3, 0.4) is 0 Å². The summed E-state index contributed by atoms with van der Waals surface area (Å²) in [7, 11) is 0. The number of benzene rings is 1. The lowest BCUT2D eigenvalue weighted by atomic mass is 10.1. The van der Waals surface area contributed by atoms with Crippen molar-refractivity contribution in [1.29, 1.82) is 0 Å². The maximum absolute atomic E-state index is 12.8. The van der Waals surface area contributed by atoms with Crippen LogP contribution in [0.4, 0.5) is 5.69 Å². The van der Waals surface area contributed by atoms with E-state index in [9.17, 15) is 4.79 Å². The molecule has 1 unspecified atom stereocenters. The van der Waals surface area contributed by atoms with Gasteiger partial charge in [-0.2, -0.15) is 0 Å². The first-order valence-electron chi connectivity index (χ1n) is 11.0. The van der Waals surface area contributed by atoms with Gasteiger partial charge in [0.2, 0.25) is 0 Å². The second-order valence-electron chi connectivity index (χ2n) is 8.77. The van der Waals surface area contributed by atoms with Gasteiger partial charge < -0.3 is 13.7 Å². The number of nitrogens with zero attached hydrogens (tertiary/aromatic N) is 5. The van der Waals surface area contributed by atoms with Crippen LogP contribution in [-0.2, 0) is 0 Å². The number of aromatic nitrogens is 3. The van der Waals surface area contributed by atoms with Gasteiger partial charge in [-0.05, 0) is 51.4 Å². The van der Waals surface area contributed by atoms with E-state index in [4.69, 9.17) is 4.42 Å². The molecule has 1 aromatic carbocycles. The van der Waals surface area contributed by atoms with Crippen molar-refractivity contribution in [3.63, 3.8) is 0 Å². The van der Waals surface area contributed by atoms with Gasteiger partial charge in [0.15, 0.2) is 5.65 Å². The SMILES string of the molecule is Cc1cn2cc(-c3cc4ccc(N5CCN6CCCC6C5)cc4oc3=O)nc2c(C)n1. The molecule has 1 atom stereocenters. The van der Waals surface area contributed by atoms with Gasteiger partial charge in [0.25, 0.3) is 0 Å². The molecule has 0 bridgehead atoms. The predicted octanol–water partition coefficient (Wildman–Crippen LogP) is 3.40. The molecule has 2 aliphatic rings. The summed E-state index contributed by atoms with van der Waals surface area (Å²) in [5.74, 6) is 0. The third-order valence-corrected chi connectivity index (χ3v) is 6.67. The Bertz CT molecular complexity index is 1370. The molecule has 0 N–H and O–H groups in total. The number of hydrogen-bond donors (Lipinski definition) is 0. The zero-order valence-electron chi connectivity index (χ0n) is 17.8. The minimum Gasteiger partial charge on any atom is -0.422 e. The van der Waals surface area contributed by atoms with E-state index < -0.39 is 0 Å². The zero-order valence-corrected chi connectivity index (χ0v) is 17.8. The molecule has 0 saturated carbocycles. The second kappa shape index (κ2) is 6.92. The van der Waals surface area contributed by atoms with Crippen molar-refractivity contribution in [2.45, 2.75) is 32.7 Å². The molecule has 0 spiro atoms. The van der Waals surface area contributed by atoms with Crippen LogP contribution in [-0.4, -0.2) is 51.5 Å². The number of rotatable bonds is 2. The number of aryl methyl sites for hydroxylation is 2. The van der Waals surface area contributed by atoms with Crippen molar-refractivity contribution >= 4 is 22.3 Å². The first kappa shape index (κ1) is 18.6. The lowest BCUT2D eigenvalue weighted by molar-refractivity contribution is 0.231. The Morgan fingerprint density at radius 2 is 1.97 bits per heavy atom. The van der Waals surface area contributed by atoms with E-state index in [-0.39, 0.29) is 5.63 Å². The molecule has 4 aromatic rings. The van der Waals surface area contributed by atoms with Gasteiger partial charge in [0.1, 0.15) is 5.58 Å². The topological polar surface area (TPSA) is 66.9 Å². The number of fused-ring (bicyclic) bond motifs is 3. The van der Waals surface area contributed by atoms with Gasteiger partial charge in [0.05, 0.1) is 22.6 Å². The summed E-state index contributed by atoms with van der Waals surface area (Å²) < 4.78 is 7.68. The fourth-order valence-electron chi connectivity index (χ4n) is 5.13. The average Bonchev–Trinajstić information content (AvgIpc) is 3.39. The lowest BCUT2D eigenvalue weighted by Crippen LogP contribution is -2.50. The van der Waals surface area contributed by atoms with Gasteiger partial charge in [-0.25, -0.2) is 9.78 Å². The van der Waals surface area contributed by atoms with Gasteiger partial charge in [-0.3, -0.25) is 9.88 Å². The van der Waals surface area contributed by atoms with E-state index in [0.717, 1.165) is 47.7 Å². The lowest BCUT2D eigenvalue weighted by Gasteiger charge is -2.38. The summed E-state index contributed by atoms with van der Waals surface area (Å²) in [6.07, 6.45) is 6.35. The summed E-state index contributed by atoms with van der Waals surface area (Å²) in [5.41, 5.74) is 4.96. The van der Waals surface area contributed by atoms with E-state index in [1.54, 1.807) is 0 Å².